The van der Waals surface area contributed by atoms with Gasteiger partial charge in [-0.2, -0.15) is 0 Å². The maximum Gasteiger partial charge on any atom is 0.289 e. The predicted octanol–water partition coefficient (Wildman–Crippen LogP) is 7.86. The number of hydrogen-bond donors (Lipinski definition) is 2. The Kier molecular flexibility index (Phi) is 23.4. The SMILES string of the molecule is CCN(CC)CC.Cc1ccc(OCCCN)c(C)c1.Cc1ccc(OCCCNS(=O)(=O)c2ccccc2[N+](=O)[O-])c(C)c1.O=[N+]([O-])c1ccccc1S(=O)(=O)Cl. The summed E-state index contributed by atoms with van der Waals surface area (Å²) in [6, 6.07) is 22.2. The van der Waals surface area contributed by atoms with Crippen molar-refractivity contribution in [2.45, 2.75) is 71.1 Å². The molecule has 0 bridgehead atoms. The summed E-state index contributed by atoms with van der Waals surface area (Å²) in [5.41, 5.74) is 9.03. The van der Waals surface area contributed by atoms with Crippen LogP contribution in [0.3, 0.4) is 0 Å². The van der Waals surface area contributed by atoms with Gasteiger partial charge in [-0.05, 0) is 102 Å². The third kappa shape index (κ3) is 18.7. The molecule has 0 unspecified atom stereocenters. The molecule has 0 aliphatic rings. The molecule has 0 atom stereocenters. The van der Waals surface area contributed by atoms with E-state index in [-0.39, 0.29) is 11.4 Å². The third-order valence-electron chi connectivity index (χ3n) is 8.16. The average molecular weight is 867 g/mol. The molecule has 18 heteroatoms. The van der Waals surface area contributed by atoms with Gasteiger partial charge in [0.2, 0.25) is 10.0 Å². The molecule has 0 aromatic heterocycles. The molecule has 4 aromatic rings. The second kappa shape index (κ2) is 26.4. The molecule has 0 saturated heterocycles. The Labute approximate surface area is 347 Å². The van der Waals surface area contributed by atoms with Crippen LogP contribution in [0.25, 0.3) is 0 Å². The van der Waals surface area contributed by atoms with Gasteiger partial charge in [-0.3, -0.25) is 20.2 Å². The summed E-state index contributed by atoms with van der Waals surface area (Å²) in [6.07, 6.45) is 1.35. The minimum absolute atomic E-state index is 0.124. The van der Waals surface area contributed by atoms with Gasteiger partial charge < -0.3 is 20.1 Å². The molecular weight excluding hydrogens is 810 g/mol. The average Bonchev–Trinajstić information content (AvgIpc) is 3.17. The summed E-state index contributed by atoms with van der Waals surface area (Å²) < 4.78 is 59.6. The van der Waals surface area contributed by atoms with E-state index in [4.69, 9.17) is 25.9 Å². The summed E-state index contributed by atoms with van der Waals surface area (Å²) in [5, 5.41) is 21.3. The number of nitrogens with zero attached hydrogens (tertiary/aromatic N) is 3. The van der Waals surface area contributed by atoms with E-state index in [0.717, 1.165) is 47.2 Å². The Hall–Kier alpha value is -4.65. The van der Waals surface area contributed by atoms with Crippen LogP contribution < -0.4 is 19.9 Å². The summed E-state index contributed by atoms with van der Waals surface area (Å²) in [6.45, 7) is 20.1. The molecule has 0 heterocycles. The van der Waals surface area contributed by atoms with Crippen molar-refractivity contribution in [2.24, 2.45) is 5.73 Å². The highest BCUT2D eigenvalue weighted by molar-refractivity contribution is 8.13. The van der Waals surface area contributed by atoms with E-state index in [1.54, 1.807) is 0 Å². The molecule has 0 aliphatic carbocycles. The Morgan fingerprint density at radius 3 is 1.45 bits per heavy atom. The van der Waals surface area contributed by atoms with Gasteiger partial charge in [0.25, 0.3) is 20.4 Å². The number of ether oxygens (including phenoxy) is 2. The Balaban J connectivity index is 0.000000430. The zero-order chi connectivity index (χ0) is 43.9. The predicted molar refractivity (Wildman–Crippen MR) is 229 cm³/mol. The van der Waals surface area contributed by atoms with Gasteiger partial charge in [0, 0.05) is 29.4 Å². The molecule has 15 nitrogen and oxygen atoms in total. The summed E-state index contributed by atoms with van der Waals surface area (Å²) in [7, 11) is -3.01. The van der Waals surface area contributed by atoms with Crippen molar-refractivity contribution in [2.75, 3.05) is 45.9 Å². The molecule has 0 aliphatic heterocycles. The molecule has 4 aromatic carbocycles. The van der Waals surface area contributed by atoms with E-state index in [2.05, 4.69) is 56.4 Å². The van der Waals surface area contributed by atoms with Crippen LogP contribution in [-0.4, -0.2) is 77.5 Å². The van der Waals surface area contributed by atoms with Crippen LogP contribution >= 0.6 is 10.7 Å². The Morgan fingerprint density at radius 1 is 0.672 bits per heavy atom. The highest BCUT2D eigenvalue weighted by atomic mass is 35.7. The summed E-state index contributed by atoms with van der Waals surface area (Å²) in [4.78, 5) is 21.3. The topological polar surface area (TPSA) is 214 Å². The third-order valence-corrected chi connectivity index (χ3v) is 11.0. The molecule has 0 fully saturated rings. The molecule has 4 rings (SSSR count). The van der Waals surface area contributed by atoms with Crippen LogP contribution in [0.4, 0.5) is 11.4 Å². The largest absolute Gasteiger partial charge is 0.493 e. The smallest absolute Gasteiger partial charge is 0.289 e. The lowest BCUT2D eigenvalue weighted by atomic mass is 10.1. The molecule has 58 heavy (non-hydrogen) atoms. The maximum absolute atomic E-state index is 12.2. The fourth-order valence-electron chi connectivity index (χ4n) is 5.05. The number of aryl methyl sites for hydroxylation is 4. The van der Waals surface area contributed by atoms with Crippen LogP contribution in [0.5, 0.6) is 11.5 Å². The number of benzene rings is 4. The van der Waals surface area contributed by atoms with Gasteiger partial charge in [-0.1, -0.05) is 80.4 Å². The first kappa shape index (κ1) is 51.4. The summed E-state index contributed by atoms with van der Waals surface area (Å²) in [5.74, 6) is 1.73. The van der Waals surface area contributed by atoms with Crippen molar-refractivity contribution in [1.82, 2.24) is 9.62 Å². The second-order valence-corrected chi connectivity index (χ2v) is 16.9. The normalized spacial score (nSPS) is 10.9. The number of hydrogen-bond acceptors (Lipinski definition) is 12. The molecule has 0 amide bonds. The number of halogens is 1. The van der Waals surface area contributed by atoms with Crippen molar-refractivity contribution in [3.8, 4) is 11.5 Å². The lowest BCUT2D eigenvalue weighted by molar-refractivity contribution is -0.388. The van der Waals surface area contributed by atoms with Gasteiger partial charge >= 0.3 is 0 Å². The highest BCUT2D eigenvalue weighted by Gasteiger charge is 2.25. The molecule has 0 saturated carbocycles. The molecule has 0 radical (unpaired) electrons. The van der Waals surface area contributed by atoms with Crippen molar-refractivity contribution in [1.29, 1.82) is 0 Å². The molecule has 320 valence electrons. The monoisotopic (exact) mass is 865 g/mol. The second-order valence-electron chi connectivity index (χ2n) is 12.6. The van der Waals surface area contributed by atoms with Crippen LogP contribution in [-0.2, 0) is 19.1 Å². The lowest BCUT2D eigenvalue weighted by Crippen LogP contribution is -2.26. The zero-order valence-electron chi connectivity index (χ0n) is 34.1. The molecule has 0 spiro atoms. The van der Waals surface area contributed by atoms with E-state index >= 15 is 0 Å². The number of nitro groups is 2. The van der Waals surface area contributed by atoms with Gasteiger partial charge in [-0.15, -0.1) is 0 Å². The maximum atomic E-state index is 12.2. The molecule has 3 N–H and O–H groups in total. The van der Waals surface area contributed by atoms with Crippen LogP contribution in [0.15, 0.2) is 94.7 Å². The first-order valence-corrected chi connectivity index (χ1v) is 22.4. The number of para-hydroxylation sites is 2. The number of sulfonamides is 1. The van der Waals surface area contributed by atoms with Crippen LogP contribution in [0.1, 0.15) is 55.9 Å². The minimum Gasteiger partial charge on any atom is -0.493 e. The first-order valence-electron chi connectivity index (χ1n) is 18.6. The molecular formula is C40H56ClN5O10S2. The quantitative estimate of drug-likeness (QED) is 0.0449. The van der Waals surface area contributed by atoms with Crippen molar-refractivity contribution in [3.05, 3.63) is 127 Å². The lowest BCUT2D eigenvalue weighted by Gasteiger charge is -2.13. The Bertz CT molecular complexity index is 2110. The van der Waals surface area contributed by atoms with E-state index in [1.807, 2.05) is 38.1 Å². The first-order chi connectivity index (χ1) is 27.3. The zero-order valence-corrected chi connectivity index (χ0v) is 36.5. The Morgan fingerprint density at radius 2 is 1.09 bits per heavy atom. The minimum atomic E-state index is -4.05. The van der Waals surface area contributed by atoms with Crippen molar-refractivity contribution >= 4 is 41.1 Å². The van der Waals surface area contributed by atoms with Crippen molar-refractivity contribution < 1.29 is 36.2 Å². The van der Waals surface area contributed by atoms with Gasteiger partial charge in [0.15, 0.2) is 9.79 Å². The fraction of sp³-hybridized carbons (Fsp3) is 0.400. The van der Waals surface area contributed by atoms with Crippen LogP contribution in [0, 0.1) is 47.9 Å². The van der Waals surface area contributed by atoms with E-state index in [9.17, 15) is 37.1 Å². The summed E-state index contributed by atoms with van der Waals surface area (Å²) >= 11 is 0. The van der Waals surface area contributed by atoms with Gasteiger partial charge in [0.05, 0.1) is 23.1 Å². The van der Waals surface area contributed by atoms with E-state index in [0.29, 0.717) is 26.2 Å². The number of nitro benzene ring substituents is 2. The number of nitrogens with one attached hydrogen (secondary N) is 1. The van der Waals surface area contributed by atoms with E-state index in [1.165, 1.54) is 61.1 Å². The van der Waals surface area contributed by atoms with Crippen molar-refractivity contribution in [3.63, 3.8) is 0 Å². The standard InChI is InChI=1S/C17H20N2O5S.C11H17NO.C6H4ClNO4S.C6H15N/c1-13-8-9-16(14(2)12-13)24-11-5-10-18-25(22,23)17-7-4-3-6-15(17)19(20)21;1-9-4-5-11(10(2)8-9)13-7-3-6-12;7-13(11,12)6-4-2-1-3-5(6)8(9)10;1-4-7(5-2)6-3/h3-4,6-9,12,18H,5,10-11H2,1-2H3;4-5,8H,3,6-7,12H2,1-2H3;1-4H;4-6H2,1-3H3. The number of nitrogens with two attached hydrogens (primary N) is 1. The van der Waals surface area contributed by atoms with Gasteiger partial charge in [-0.25, -0.2) is 21.6 Å². The van der Waals surface area contributed by atoms with E-state index < -0.39 is 45.2 Å². The highest BCUT2D eigenvalue weighted by Crippen LogP contribution is 2.26. The fourth-order valence-corrected chi connectivity index (χ4v) is 7.32. The number of rotatable bonds is 17. The van der Waals surface area contributed by atoms with Crippen LogP contribution in [0.2, 0.25) is 0 Å². The van der Waals surface area contributed by atoms with Gasteiger partial charge in [0.1, 0.15) is 11.5 Å².